The highest BCUT2D eigenvalue weighted by Gasteiger charge is 2.34. The minimum atomic E-state index is -0.577. The Kier molecular flexibility index (Phi) is 7.92. The minimum absolute atomic E-state index is 0.129. The molecule has 9 heteroatoms. The summed E-state index contributed by atoms with van der Waals surface area (Å²) in [6, 6.07) is 20.6. The minimum Gasteiger partial charge on any atom is -0.497 e. The second kappa shape index (κ2) is 11.5. The van der Waals surface area contributed by atoms with Crippen LogP contribution < -0.4 is 18.9 Å². The van der Waals surface area contributed by atoms with Gasteiger partial charge < -0.3 is 18.9 Å². The van der Waals surface area contributed by atoms with Crippen LogP contribution in [0.5, 0.6) is 23.0 Å². The van der Waals surface area contributed by atoms with Crippen molar-refractivity contribution in [1.82, 2.24) is 4.90 Å². The number of carbonyl (C=O) groups excluding carboxylic acids is 3. The van der Waals surface area contributed by atoms with Crippen molar-refractivity contribution in [3.05, 3.63) is 88.8 Å². The fourth-order valence-corrected chi connectivity index (χ4v) is 4.23. The maximum Gasteiger partial charge on any atom is 0.343 e. The van der Waals surface area contributed by atoms with Gasteiger partial charge in [-0.25, -0.2) is 4.79 Å². The number of imide groups is 1. The topological polar surface area (TPSA) is 91.4 Å². The van der Waals surface area contributed by atoms with E-state index in [4.69, 9.17) is 18.9 Å². The Morgan fingerprint density at radius 1 is 0.889 bits per heavy atom. The molecule has 184 valence electrons. The van der Waals surface area contributed by atoms with E-state index in [-0.39, 0.29) is 29.0 Å². The van der Waals surface area contributed by atoms with Gasteiger partial charge in [0, 0.05) is 0 Å². The first-order chi connectivity index (χ1) is 17.5. The fourth-order valence-electron chi connectivity index (χ4n) is 3.36. The van der Waals surface area contributed by atoms with E-state index in [9.17, 15) is 14.4 Å². The molecule has 1 saturated heterocycles. The molecule has 2 amide bonds. The summed E-state index contributed by atoms with van der Waals surface area (Å²) in [4.78, 5) is 39.3. The molecule has 0 saturated carbocycles. The molecule has 3 aromatic carbocycles. The van der Waals surface area contributed by atoms with Gasteiger partial charge in [-0.05, 0) is 71.9 Å². The van der Waals surface area contributed by atoms with Crippen molar-refractivity contribution < 1.29 is 33.3 Å². The van der Waals surface area contributed by atoms with E-state index in [0.29, 0.717) is 28.4 Å². The van der Waals surface area contributed by atoms with Crippen LogP contribution in [0.3, 0.4) is 0 Å². The molecule has 0 N–H and O–H groups in total. The molecular formula is C27H23NO7S. The third kappa shape index (κ3) is 5.87. The van der Waals surface area contributed by atoms with Crippen LogP contribution in [-0.2, 0) is 4.79 Å². The van der Waals surface area contributed by atoms with E-state index in [1.807, 2.05) is 18.2 Å². The van der Waals surface area contributed by atoms with Gasteiger partial charge in [-0.15, -0.1) is 0 Å². The molecule has 8 nitrogen and oxygen atoms in total. The molecule has 4 rings (SSSR count). The number of thioether (sulfide) groups is 1. The summed E-state index contributed by atoms with van der Waals surface area (Å²) >= 11 is 0.845. The van der Waals surface area contributed by atoms with Gasteiger partial charge in [-0.1, -0.05) is 24.3 Å². The number of para-hydroxylation sites is 1. The van der Waals surface area contributed by atoms with Gasteiger partial charge in [0.05, 0.1) is 31.2 Å². The molecule has 0 spiro atoms. The molecule has 0 unspecified atom stereocenters. The van der Waals surface area contributed by atoms with Gasteiger partial charge in [0.1, 0.15) is 18.1 Å². The van der Waals surface area contributed by atoms with Crippen LogP contribution in [0.2, 0.25) is 0 Å². The Bertz CT molecular complexity index is 1290. The Morgan fingerprint density at radius 2 is 1.64 bits per heavy atom. The summed E-state index contributed by atoms with van der Waals surface area (Å²) in [6.45, 7) is 0.313. The maximum atomic E-state index is 12.8. The van der Waals surface area contributed by atoms with E-state index in [0.717, 1.165) is 16.7 Å². The number of nitrogens with zero attached hydrogens (tertiary/aromatic N) is 1. The van der Waals surface area contributed by atoms with Crippen molar-refractivity contribution in [2.24, 2.45) is 0 Å². The Morgan fingerprint density at radius 3 is 2.33 bits per heavy atom. The largest absolute Gasteiger partial charge is 0.497 e. The van der Waals surface area contributed by atoms with Crippen LogP contribution in [0.1, 0.15) is 15.9 Å². The molecule has 0 atom stereocenters. The summed E-state index contributed by atoms with van der Waals surface area (Å²) < 4.78 is 21.6. The lowest BCUT2D eigenvalue weighted by atomic mass is 10.1. The predicted molar refractivity (Wildman–Crippen MR) is 136 cm³/mol. The summed E-state index contributed by atoms with van der Waals surface area (Å²) in [5.41, 5.74) is 0.904. The zero-order valence-corrected chi connectivity index (χ0v) is 20.4. The molecule has 0 radical (unpaired) electrons. The Balaban J connectivity index is 1.46. The molecule has 1 aliphatic rings. The number of methoxy groups -OCH3 is 2. The molecule has 1 fully saturated rings. The van der Waals surface area contributed by atoms with Gasteiger partial charge in [-0.3, -0.25) is 14.5 Å². The number of hydrogen-bond donors (Lipinski definition) is 0. The zero-order chi connectivity index (χ0) is 25.5. The molecule has 1 aliphatic heterocycles. The van der Waals surface area contributed by atoms with E-state index < -0.39 is 11.9 Å². The molecule has 36 heavy (non-hydrogen) atoms. The lowest BCUT2D eigenvalue weighted by Gasteiger charge is -2.13. The van der Waals surface area contributed by atoms with Crippen LogP contribution >= 0.6 is 11.8 Å². The highest BCUT2D eigenvalue weighted by Crippen LogP contribution is 2.35. The first kappa shape index (κ1) is 24.9. The second-order valence-corrected chi connectivity index (χ2v) is 8.52. The monoisotopic (exact) mass is 505 g/mol. The summed E-state index contributed by atoms with van der Waals surface area (Å²) in [5, 5.41) is -0.373. The average Bonchev–Trinajstić information content (AvgIpc) is 3.16. The third-order valence-corrected chi connectivity index (χ3v) is 6.12. The molecule has 0 aromatic heterocycles. The van der Waals surface area contributed by atoms with Crippen molar-refractivity contribution in [2.75, 3.05) is 27.4 Å². The molecular weight excluding hydrogens is 482 g/mol. The standard InChI is InChI=1S/C27H23NO7S/c1-32-20-11-9-19(10-12-20)26(30)35-23-16-18(8-13-22(23)33-2)17-24-25(29)28(27(31)36-24)14-15-34-21-6-4-3-5-7-21/h3-13,16-17H,14-15H2,1-2H3/b24-17-. The average molecular weight is 506 g/mol. The zero-order valence-electron chi connectivity index (χ0n) is 19.6. The maximum absolute atomic E-state index is 12.8. The first-order valence-electron chi connectivity index (χ1n) is 11.0. The number of amides is 2. The fraction of sp³-hybridized carbons (Fsp3) is 0.148. The molecule has 0 aliphatic carbocycles. The van der Waals surface area contributed by atoms with Crippen LogP contribution in [0.15, 0.2) is 77.7 Å². The van der Waals surface area contributed by atoms with Crippen molar-refractivity contribution in [1.29, 1.82) is 0 Å². The Hall–Kier alpha value is -4.24. The van der Waals surface area contributed by atoms with Crippen molar-refractivity contribution in [2.45, 2.75) is 0 Å². The van der Waals surface area contributed by atoms with Crippen LogP contribution in [-0.4, -0.2) is 49.4 Å². The number of hydrogen-bond acceptors (Lipinski definition) is 8. The summed E-state index contributed by atoms with van der Waals surface area (Å²) in [7, 11) is 3.00. The van der Waals surface area contributed by atoms with Crippen LogP contribution in [0.25, 0.3) is 6.08 Å². The number of rotatable bonds is 9. The molecule has 1 heterocycles. The quantitative estimate of drug-likeness (QED) is 0.227. The number of ether oxygens (including phenoxy) is 4. The van der Waals surface area contributed by atoms with E-state index in [1.54, 1.807) is 60.7 Å². The summed E-state index contributed by atoms with van der Waals surface area (Å²) in [5.74, 6) is 0.825. The Labute approximate surface area is 212 Å². The summed E-state index contributed by atoms with van der Waals surface area (Å²) in [6.07, 6.45) is 1.58. The van der Waals surface area contributed by atoms with Gasteiger partial charge in [0.25, 0.3) is 11.1 Å². The van der Waals surface area contributed by atoms with Crippen molar-refractivity contribution >= 4 is 35.0 Å². The van der Waals surface area contributed by atoms with Gasteiger partial charge in [-0.2, -0.15) is 0 Å². The lowest BCUT2D eigenvalue weighted by Crippen LogP contribution is -2.32. The lowest BCUT2D eigenvalue weighted by molar-refractivity contribution is -0.123. The van der Waals surface area contributed by atoms with Crippen molar-refractivity contribution in [3.63, 3.8) is 0 Å². The third-order valence-electron chi connectivity index (χ3n) is 5.21. The number of esters is 1. The van der Waals surface area contributed by atoms with Gasteiger partial charge in [0.15, 0.2) is 11.5 Å². The molecule has 0 bridgehead atoms. The van der Waals surface area contributed by atoms with Crippen LogP contribution in [0, 0.1) is 0 Å². The van der Waals surface area contributed by atoms with Gasteiger partial charge in [0.2, 0.25) is 0 Å². The molecule has 3 aromatic rings. The highest BCUT2D eigenvalue weighted by molar-refractivity contribution is 8.18. The first-order valence-corrected chi connectivity index (χ1v) is 11.8. The smallest absolute Gasteiger partial charge is 0.343 e. The number of carbonyl (C=O) groups is 3. The predicted octanol–water partition coefficient (Wildman–Crippen LogP) is 5.04. The van der Waals surface area contributed by atoms with Gasteiger partial charge >= 0.3 is 5.97 Å². The van der Waals surface area contributed by atoms with E-state index in [1.165, 1.54) is 14.2 Å². The normalized spacial score (nSPS) is 14.2. The van der Waals surface area contributed by atoms with Crippen LogP contribution in [0.4, 0.5) is 4.79 Å². The SMILES string of the molecule is COc1ccc(C(=O)Oc2cc(/C=C3\SC(=O)N(CCOc4ccccc4)C3=O)ccc2OC)cc1. The number of benzene rings is 3. The second-order valence-electron chi connectivity index (χ2n) is 7.52. The van der Waals surface area contributed by atoms with Crippen molar-refractivity contribution in [3.8, 4) is 23.0 Å². The highest BCUT2D eigenvalue weighted by atomic mass is 32.2. The van der Waals surface area contributed by atoms with E-state index >= 15 is 0 Å². The van der Waals surface area contributed by atoms with E-state index in [2.05, 4.69) is 0 Å².